The number of carbonyl (C=O) groups is 2. The summed E-state index contributed by atoms with van der Waals surface area (Å²) < 4.78 is 34.6. The number of aliphatic hydroxyl groups excluding tert-OH is 10. The van der Waals surface area contributed by atoms with Gasteiger partial charge in [-0.2, -0.15) is 0 Å². The summed E-state index contributed by atoms with van der Waals surface area (Å²) in [6.07, 6.45) is -20.3. The van der Waals surface area contributed by atoms with E-state index in [4.69, 9.17) is 28.4 Å². The number of rotatable bonds is 10. The molecule has 0 aromatic carbocycles. The first-order valence-electron chi connectivity index (χ1n) is 24.8. The molecule has 3 saturated heterocycles. The molecule has 26 atom stereocenters. The number of esters is 1. The van der Waals surface area contributed by atoms with Crippen LogP contribution in [0.15, 0.2) is 0 Å². The maximum atomic E-state index is 15.0. The summed E-state index contributed by atoms with van der Waals surface area (Å²) in [5.41, 5.74) is -4.84. The Kier molecular flexibility index (Phi) is 14.2. The van der Waals surface area contributed by atoms with Crippen molar-refractivity contribution >= 4 is 11.9 Å². The van der Waals surface area contributed by atoms with Crippen LogP contribution in [0.2, 0.25) is 0 Å². The number of fused-ring (bicyclic) bond motifs is 7. The van der Waals surface area contributed by atoms with Crippen LogP contribution in [0.1, 0.15) is 113 Å². The lowest BCUT2D eigenvalue weighted by Gasteiger charge is -2.72. The van der Waals surface area contributed by atoms with Gasteiger partial charge in [0.25, 0.3) is 0 Å². The summed E-state index contributed by atoms with van der Waals surface area (Å²) in [4.78, 5) is 27.9. The maximum Gasteiger partial charge on any atom is 0.314 e. The first-order valence-corrected chi connectivity index (χ1v) is 24.8. The quantitative estimate of drug-likeness (QED) is 0.120. The third-order valence-electron chi connectivity index (χ3n) is 20.3. The minimum Gasteiger partial charge on any atom is -0.481 e. The van der Waals surface area contributed by atoms with Crippen molar-refractivity contribution in [3.05, 3.63) is 0 Å². The van der Waals surface area contributed by atoms with Crippen LogP contribution in [0.5, 0.6) is 0 Å². The number of hydrogen-bond acceptors (Lipinski definition) is 19. The molecule has 3 aliphatic heterocycles. The van der Waals surface area contributed by atoms with E-state index in [0.29, 0.717) is 44.9 Å². The van der Waals surface area contributed by atoms with Gasteiger partial charge in [0.15, 0.2) is 12.6 Å². The van der Waals surface area contributed by atoms with Gasteiger partial charge in [0.2, 0.25) is 6.29 Å². The summed E-state index contributed by atoms with van der Waals surface area (Å²) in [6.45, 7) is 12.4. The number of ether oxygens (including phenoxy) is 6. The third-order valence-corrected chi connectivity index (χ3v) is 20.3. The second-order valence-electron chi connectivity index (χ2n) is 23.3. The highest BCUT2D eigenvalue weighted by Crippen LogP contribution is 2.78. The first-order chi connectivity index (χ1) is 31.7. The average Bonchev–Trinajstić information content (AvgIpc) is 3.62. The highest BCUT2D eigenvalue weighted by molar-refractivity contribution is 5.79. The SMILES string of the molecule is CC(C)[C@]1(O)CC[C@]2(C(=O)O[C@H]3O[C@@H](CO[C@H]4O[C@@H](CO)[C@H](O[C@H]5O[C@@H](C)[C@H](O)[C@@H](O)[C@H]5O)[C@@H](O)[C@@H]4O)[C@H](O)[C@@H](O)[C@@H]3O)CC[C@]3(C)[C@H](CC[C@@H]4[C@@]5(C)CC[C@@H](O)[C@@](C)(C(=O)O)[C@@H]5CC[C@]43C)[C@H]21. The molecule has 68 heavy (non-hydrogen) atoms. The Bertz CT molecular complexity index is 1860. The fourth-order valence-electron chi connectivity index (χ4n) is 15.8. The Hall–Kier alpha value is -1.70. The van der Waals surface area contributed by atoms with Gasteiger partial charge in [-0.1, -0.05) is 34.6 Å². The third kappa shape index (κ3) is 7.67. The second-order valence-corrected chi connectivity index (χ2v) is 23.3. The monoisotopic (exact) mass is 975 g/mol. The van der Waals surface area contributed by atoms with Crippen molar-refractivity contribution < 1.29 is 99.3 Å². The second kappa shape index (κ2) is 18.3. The van der Waals surface area contributed by atoms with Gasteiger partial charge in [0.1, 0.15) is 67.1 Å². The molecule has 390 valence electrons. The molecular weight excluding hydrogens is 897 g/mol. The van der Waals surface area contributed by atoms with Gasteiger partial charge < -0.3 is 89.7 Å². The van der Waals surface area contributed by atoms with E-state index in [9.17, 15) is 66.1 Å². The van der Waals surface area contributed by atoms with Gasteiger partial charge >= 0.3 is 11.9 Å². The van der Waals surface area contributed by atoms with E-state index in [1.165, 1.54) is 6.92 Å². The number of aliphatic hydroxyl groups is 11. The Labute approximate surface area is 396 Å². The molecule has 12 N–H and O–H groups in total. The van der Waals surface area contributed by atoms with Crippen molar-refractivity contribution in [2.24, 2.45) is 56.7 Å². The number of carbonyl (C=O) groups excluding carboxylic acids is 1. The summed E-state index contributed by atoms with van der Waals surface area (Å²) in [7, 11) is 0. The molecule has 0 amide bonds. The van der Waals surface area contributed by atoms with Gasteiger partial charge in [-0.3, -0.25) is 9.59 Å². The van der Waals surface area contributed by atoms with Crippen LogP contribution >= 0.6 is 0 Å². The van der Waals surface area contributed by atoms with E-state index < -0.39 is 146 Å². The summed E-state index contributed by atoms with van der Waals surface area (Å²) in [6, 6.07) is 0. The van der Waals surface area contributed by atoms with Crippen LogP contribution in [0.3, 0.4) is 0 Å². The molecule has 8 rings (SSSR count). The fourth-order valence-corrected chi connectivity index (χ4v) is 15.8. The van der Waals surface area contributed by atoms with Crippen LogP contribution in [0.25, 0.3) is 0 Å². The molecule has 20 heteroatoms. The van der Waals surface area contributed by atoms with Crippen molar-refractivity contribution in [1.82, 2.24) is 0 Å². The molecule has 5 saturated carbocycles. The molecule has 0 aromatic heterocycles. The van der Waals surface area contributed by atoms with Gasteiger partial charge in [-0.15, -0.1) is 0 Å². The zero-order chi connectivity index (χ0) is 50.0. The molecule has 8 aliphatic rings. The number of carboxylic acid groups (broad SMARTS) is 1. The number of hydrogen-bond donors (Lipinski definition) is 12. The lowest BCUT2D eigenvalue weighted by Crippen LogP contribution is -2.69. The summed E-state index contributed by atoms with van der Waals surface area (Å²) in [5, 5.41) is 131. The van der Waals surface area contributed by atoms with E-state index in [2.05, 4.69) is 20.8 Å². The normalized spacial score (nSPS) is 55.9. The Morgan fingerprint density at radius 3 is 1.91 bits per heavy atom. The summed E-state index contributed by atoms with van der Waals surface area (Å²) in [5.74, 6) is -2.79. The van der Waals surface area contributed by atoms with E-state index in [0.717, 1.165) is 12.8 Å². The predicted octanol–water partition coefficient (Wildman–Crippen LogP) is -0.716. The van der Waals surface area contributed by atoms with Crippen molar-refractivity contribution in [2.75, 3.05) is 13.2 Å². The molecule has 0 radical (unpaired) electrons. The van der Waals surface area contributed by atoms with Crippen molar-refractivity contribution in [3.63, 3.8) is 0 Å². The van der Waals surface area contributed by atoms with Crippen LogP contribution in [-0.4, -0.2) is 190 Å². The molecule has 20 nitrogen and oxygen atoms in total. The van der Waals surface area contributed by atoms with Gasteiger partial charge in [0, 0.05) is 5.92 Å². The Morgan fingerprint density at radius 1 is 0.647 bits per heavy atom. The highest BCUT2D eigenvalue weighted by Gasteiger charge is 2.75. The van der Waals surface area contributed by atoms with E-state index in [-0.39, 0.29) is 46.3 Å². The van der Waals surface area contributed by atoms with Crippen LogP contribution in [0.4, 0.5) is 0 Å². The van der Waals surface area contributed by atoms with E-state index in [1.807, 2.05) is 13.8 Å². The van der Waals surface area contributed by atoms with Crippen LogP contribution in [0, 0.1) is 56.7 Å². The lowest BCUT2D eigenvalue weighted by molar-refractivity contribution is -0.361. The zero-order valence-electron chi connectivity index (χ0n) is 40.2. The van der Waals surface area contributed by atoms with Crippen molar-refractivity contribution in [3.8, 4) is 0 Å². The van der Waals surface area contributed by atoms with Gasteiger partial charge in [-0.25, -0.2) is 0 Å². The molecule has 3 heterocycles. The van der Waals surface area contributed by atoms with Crippen molar-refractivity contribution in [1.29, 1.82) is 0 Å². The molecule has 0 aromatic rings. The molecule has 0 bridgehead atoms. The minimum absolute atomic E-state index is 0.125. The van der Waals surface area contributed by atoms with E-state index >= 15 is 4.79 Å². The highest BCUT2D eigenvalue weighted by atomic mass is 16.8. The largest absolute Gasteiger partial charge is 0.481 e. The smallest absolute Gasteiger partial charge is 0.314 e. The zero-order valence-corrected chi connectivity index (χ0v) is 40.2. The molecular formula is C48H78O20. The minimum atomic E-state index is -1.91. The fraction of sp³-hybridized carbons (Fsp3) is 0.958. The Balaban J connectivity index is 0.983. The predicted molar refractivity (Wildman–Crippen MR) is 232 cm³/mol. The molecule has 5 aliphatic carbocycles. The average molecular weight is 975 g/mol. The van der Waals surface area contributed by atoms with Crippen LogP contribution < -0.4 is 0 Å². The number of carboxylic acids is 1. The number of aliphatic carboxylic acids is 1. The van der Waals surface area contributed by atoms with Crippen molar-refractivity contribution in [2.45, 2.75) is 216 Å². The standard InChI is InChI=1S/C48H78O20/c1-20(2)48(62)17-16-47(15-14-44(5)22(37(47)48)8-9-25-43(4)12-11-27(50)46(7,41(59)60)26(43)10-13-45(25,44)6)42(61)68-40-34(57)31(54)29(52)24(66-40)19-63-38-35(58)32(55)36(23(18-49)65-38)67-39-33(56)30(53)28(51)21(3)64-39/h20-40,49-58,62H,8-19H2,1-7H3,(H,59,60)/t21-,22+,23-,24-,25+,26+,27+,28-,29-,30+,31+,32-,33+,34-,35-,36-,37+,38-,39+,40+,43+,44+,45+,46-,47+,48+/m0/s1. The Morgan fingerprint density at radius 2 is 1.26 bits per heavy atom. The molecule has 0 spiro atoms. The van der Waals surface area contributed by atoms with Gasteiger partial charge in [-0.05, 0) is 118 Å². The first kappa shape index (κ1) is 52.6. The van der Waals surface area contributed by atoms with Gasteiger partial charge in [0.05, 0.1) is 41.9 Å². The maximum absolute atomic E-state index is 15.0. The lowest BCUT2D eigenvalue weighted by atomic mass is 9.32. The van der Waals surface area contributed by atoms with E-state index in [1.54, 1.807) is 6.92 Å². The summed E-state index contributed by atoms with van der Waals surface area (Å²) >= 11 is 0. The van der Waals surface area contributed by atoms with Crippen LogP contribution in [-0.2, 0) is 38.0 Å². The molecule has 8 fully saturated rings. The molecule has 0 unspecified atom stereocenters. The topological polar surface area (TPSA) is 332 Å².